The van der Waals surface area contributed by atoms with E-state index in [9.17, 15) is 4.79 Å². The van der Waals surface area contributed by atoms with Crippen LogP contribution >= 0.6 is 0 Å². The normalized spacial score (nSPS) is 10.7. The first kappa shape index (κ1) is 15.3. The van der Waals surface area contributed by atoms with Crippen LogP contribution in [-0.4, -0.2) is 11.9 Å². The molecule has 0 bridgehead atoms. The zero-order chi connectivity index (χ0) is 15.2. The van der Waals surface area contributed by atoms with E-state index in [1.54, 1.807) is 0 Å². The number of hydrogen-bond donors (Lipinski definition) is 0. The number of carbonyl (C=O) groups is 1. The van der Waals surface area contributed by atoms with E-state index < -0.39 is 0 Å². The van der Waals surface area contributed by atoms with Crippen LogP contribution in [0.4, 0.5) is 0 Å². The molecule has 0 amide bonds. The Bertz CT molecular complexity index is 614. The number of aryl methyl sites for hydroxylation is 2. The number of Topliss-reactive ketones (excluding diaryl/α,β-unsaturated/α-hetero) is 1. The van der Waals surface area contributed by atoms with Crippen molar-refractivity contribution >= 4 is 5.78 Å². The van der Waals surface area contributed by atoms with E-state index in [0.717, 1.165) is 17.7 Å². The summed E-state index contributed by atoms with van der Waals surface area (Å²) in [5.74, 6) is 0.914. The van der Waals surface area contributed by atoms with Gasteiger partial charge in [-0.05, 0) is 44.9 Å². The van der Waals surface area contributed by atoms with Gasteiger partial charge in [0, 0.05) is 12.0 Å². The van der Waals surface area contributed by atoms with Crippen molar-refractivity contribution in [3.63, 3.8) is 0 Å². The minimum atomic E-state index is 0.114. The molecule has 0 saturated carbocycles. The van der Waals surface area contributed by atoms with Gasteiger partial charge in [-0.25, -0.2) is 0 Å². The summed E-state index contributed by atoms with van der Waals surface area (Å²) in [6, 6.07) is 15.7. The Hall–Kier alpha value is -2.09. The molecule has 0 aliphatic carbocycles. The van der Waals surface area contributed by atoms with Crippen molar-refractivity contribution in [2.24, 2.45) is 0 Å². The third-order valence-corrected chi connectivity index (χ3v) is 3.25. The molecule has 2 rings (SSSR count). The molecular weight excluding hydrogens is 260 g/mol. The highest BCUT2D eigenvalue weighted by atomic mass is 16.5. The first-order chi connectivity index (χ1) is 10.0. The first-order valence-electron chi connectivity index (χ1n) is 7.40. The molecule has 0 saturated heterocycles. The van der Waals surface area contributed by atoms with Crippen molar-refractivity contribution in [3.8, 4) is 5.75 Å². The molecule has 2 nitrogen and oxygen atoms in total. The van der Waals surface area contributed by atoms with Crippen LogP contribution in [0.15, 0.2) is 48.5 Å². The highest BCUT2D eigenvalue weighted by Crippen LogP contribution is 2.17. The molecule has 0 radical (unpaired) electrons. The molecule has 0 atom stereocenters. The molecule has 21 heavy (non-hydrogen) atoms. The molecule has 110 valence electrons. The Labute approximate surface area is 126 Å². The number of ketones is 1. The third kappa shape index (κ3) is 4.75. The highest BCUT2D eigenvalue weighted by Gasteiger charge is 2.08. The van der Waals surface area contributed by atoms with Crippen molar-refractivity contribution in [3.05, 3.63) is 65.2 Å². The molecule has 0 aromatic heterocycles. The zero-order valence-corrected chi connectivity index (χ0v) is 12.9. The third-order valence-electron chi connectivity index (χ3n) is 3.25. The van der Waals surface area contributed by atoms with Crippen LogP contribution in [0.3, 0.4) is 0 Å². The standard InChI is InChI=1S/C19H22O2/c1-14(2)21-18-9-5-8-17(13-18)19(20)11-10-16-7-4-6-15(3)12-16/h4-9,12-14H,10-11H2,1-3H3. The molecule has 0 aliphatic rings. The van der Waals surface area contributed by atoms with Crippen LogP contribution in [0.1, 0.15) is 41.8 Å². The Morgan fingerprint density at radius 3 is 2.57 bits per heavy atom. The minimum absolute atomic E-state index is 0.114. The maximum atomic E-state index is 12.3. The van der Waals surface area contributed by atoms with E-state index in [-0.39, 0.29) is 11.9 Å². The molecule has 2 heteroatoms. The van der Waals surface area contributed by atoms with Crippen LogP contribution in [0.2, 0.25) is 0 Å². The van der Waals surface area contributed by atoms with Crippen molar-refractivity contribution in [1.29, 1.82) is 0 Å². The van der Waals surface area contributed by atoms with Crippen LogP contribution < -0.4 is 4.74 Å². The second-order valence-electron chi connectivity index (χ2n) is 5.61. The van der Waals surface area contributed by atoms with Gasteiger partial charge in [0.1, 0.15) is 5.75 Å². The minimum Gasteiger partial charge on any atom is -0.491 e. The van der Waals surface area contributed by atoms with Gasteiger partial charge in [-0.1, -0.05) is 42.0 Å². The van der Waals surface area contributed by atoms with Crippen LogP contribution in [0.5, 0.6) is 5.75 Å². The van der Waals surface area contributed by atoms with E-state index in [0.29, 0.717) is 6.42 Å². The van der Waals surface area contributed by atoms with E-state index >= 15 is 0 Å². The van der Waals surface area contributed by atoms with Crippen molar-refractivity contribution in [1.82, 2.24) is 0 Å². The average Bonchev–Trinajstić information content (AvgIpc) is 2.44. The Balaban J connectivity index is 2.00. The van der Waals surface area contributed by atoms with Gasteiger partial charge < -0.3 is 4.74 Å². The molecular formula is C19H22O2. The van der Waals surface area contributed by atoms with Gasteiger partial charge >= 0.3 is 0 Å². The lowest BCUT2D eigenvalue weighted by Gasteiger charge is -2.10. The maximum Gasteiger partial charge on any atom is 0.163 e. The number of rotatable bonds is 6. The molecule has 0 fully saturated rings. The summed E-state index contributed by atoms with van der Waals surface area (Å²) < 4.78 is 5.63. The lowest BCUT2D eigenvalue weighted by Crippen LogP contribution is -2.07. The molecule has 0 aliphatic heterocycles. The average molecular weight is 282 g/mol. The van der Waals surface area contributed by atoms with Crippen LogP contribution in [-0.2, 0) is 6.42 Å². The number of benzene rings is 2. The maximum absolute atomic E-state index is 12.3. The quantitative estimate of drug-likeness (QED) is 0.724. The van der Waals surface area contributed by atoms with Gasteiger partial charge in [0.2, 0.25) is 0 Å². The summed E-state index contributed by atoms with van der Waals surface area (Å²) in [5, 5.41) is 0. The number of carbonyl (C=O) groups excluding carboxylic acids is 1. The monoisotopic (exact) mass is 282 g/mol. The Morgan fingerprint density at radius 1 is 1.10 bits per heavy atom. The summed E-state index contributed by atoms with van der Waals surface area (Å²) >= 11 is 0. The summed E-state index contributed by atoms with van der Waals surface area (Å²) in [6.07, 6.45) is 1.41. The predicted molar refractivity (Wildman–Crippen MR) is 86.0 cm³/mol. The molecule has 0 heterocycles. The van der Waals surface area contributed by atoms with Gasteiger partial charge in [0.05, 0.1) is 6.10 Å². The van der Waals surface area contributed by atoms with Crippen molar-refractivity contribution in [2.45, 2.75) is 39.7 Å². The second-order valence-corrected chi connectivity index (χ2v) is 5.61. The molecule has 0 spiro atoms. The van der Waals surface area contributed by atoms with E-state index in [1.165, 1.54) is 11.1 Å². The summed E-state index contributed by atoms with van der Waals surface area (Å²) in [4.78, 5) is 12.3. The fourth-order valence-electron chi connectivity index (χ4n) is 2.28. The van der Waals surface area contributed by atoms with Gasteiger partial charge in [-0.3, -0.25) is 4.79 Å². The second kappa shape index (κ2) is 7.07. The Morgan fingerprint density at radius 2 is 1.86 bits per heavy atom. The van der Waals surface area contributed by atoms with Gasteiger partial charge in [0.15, 0.2) is 5.78 Å². The topological polar surface area (TPSA) is 26.3 Å². The smallest absolute Gasteiger partial charge is 0.163 e. The summed E-state index contributed by atoms with van der Waals surface area (Å²) in [7, 11) is 0. The lowest BCUT2D eigenvalue weighted by molar-refractivity contribution is 0.0982. The molecule has 0 N–H and O–H groups in total. The van der Waals surface area contributed by atoms with E-state index in [2.05, 4.69) is 25.1 Å². The highest BCUT2D eigenvalue weighted by molar-refractivity contribution is 5.96. The lowest BCUT2D eigenvalue weighted by atomic mass is 10.0. The largest absolute Gasteiger partial charge is 0.491 e. The van der Waals surface area contributed by atoms with Crippen molar-refractivity contribution in [2.75, 3.05) is 0 Å². The van der Waals surface area contributed by atoms with Crippen molar-refractivity contribution < 1.29 is 9.53 Å². The summed E-state index contributed by atoms with van der Waals surface area (Å²) in [6.45, 7) is 6.02. The van der Waals surface area contributed by atoms with Gasteiger partial charge in [0.25, 0.3) is 0 Å². The van der Waals surface area contributed by atoms with Gasteiger partial charge in [-0.2, -0.15) is 0 Å². The van der Waals surface area contributed by atoms with E-state index in [1.807, 2.05) is 44.2 Å². The first-order valence-corrected chi connectivity index (χ1v) is 7.40. The van der Waals surface area contributed by atoms with E-state index in [4.69, 9.17) is 4.74 Å². The number of hydrogen-bond acceptors (Lipinski definition) is 2. The van der Waals surface area contributed by atoms with Crippen LogP contribution in [0, 0.1) is 6.92 Å². The molecule has 2 aromatic rings. The summed E-state index contributed by atoms with van der Waals surface area (Å²) in [5.41, 5.74) is 3.16. The molecule has 2 aromatic carbocycles. The zero-order valence-electron chi connectivity index (χ0n) is 12.9. The fourth-order valence-corrected chi connectivity index (χ4v) is 2.28. The van der Waals surface area contributed by atoms with Gasteiger partial charge in [-0.15, -0.1) is 0 Å². The molecule has 0 unspecified atom stereocenters. The predicted octanol–water partition coefficient (Wildman–Crippen LogP) is 4.60. The fraction of sp³-hybridized carbons (Fsp3) is 0.316. The van der Waals surface area contributed by atoms with Crippen LogP contribution in [0.25, 0.3) is 0 Å². The number of ether oxygens (including phenoxy) is 1. The SMILES string of the molecule is Cc1cccc(CCC(=O)c2cccc(OC(C)C)c2)c1. The Kier molecular flexibility index (Phi) is 5.15.